The number of nitriles is 1. The van der Waals surface area contributed by atoms with Crippen LogP contribution in [-0.2, 0) is 6.54 Å². The van der Waals surface area contributed by atoms with Crippen LogP contribution < -0.4 is 14.8 Å². The molecule has 0 spiro atoms. The summed E-state index contributed by atoms with van der Waals surface area (Å²) in [4.78, 5) is 18.9. The fraction of sp³-hybridized carbons (Fsp3) is 0.200. The molecule has 0 aliphatic rings. The van der Waals surface area contributed by atoms with E-state index in [0.717, 1.165) is 12.4 Å². The number of hydrogen-bond acceptors (Lipinski definition) is 6. The first-order valence-corrected chi connectivity index (χ1v) is 6.87. The second-order valence-corrected chi connectivity index (χ2v) is 4.65. The summed E-state index contributed by atoms with van der Waals surface area (Å²) in [7, 11) is 1.24. The monoisotopic (exact) mass is 370 g/mol. The lowest BCUT2D eigenvalue weighted by Gasteiger charge is -2.11. The molecule has 2 heterocycles. The lowest BCUT2D eigenvalue weighted by Crippen LogP contribution is -2.24. The molecule has 0 saturated heterocycles. The fourth-order valence-electron chi connectivity index (χ4n) is 1.92. The van der Waals surface area contributed by atoms with E-state index in [4.69, 9.17) is 10.00 Å². The molecule has 1 N–H and O–H groups in total. The highest BCUT2D eigenvalue weighted by molar-refractivity contribution is 5.93. The molecule has 0 aliphatic heterocycles. The summed E-state index contributed by atoms with van der Waals surface area (Å²) in [5.41, 5.74) is -0.937. The lowest BCUT2D eigenvalue weighted by molar-refractivity contribution is -0.0553. The molecule has 26 heavy (non-hydrogen) atoms. The number of halogens is 4. The Bertz CT molecular complexity index is 871. The molecule has 2 rings (SSSR count). The van der Waals surface area contributed by atoms with Crippen molar-refractivity contribution in [1.29, 1.82) is 5.26 Å². The van der Waals surface area contributed by atoms with Crippen LogP contribution in [0.25, 0.3) is 0 Å². The Hall–Kier alpha value is -3.42. The molecule has 0 bridgehead atoms. The smallest absolute Gasteiger partial charge is 0.388 e. The molecule has 1 amide bonds. The van der Waals surface area contributed by atoms with Crippen molar-refractivity contribution in [3.63, 3.8) is 0 Å². The molecule has 7 nitrogen and oxygen atoms in total. The maximum Gasteiger partial charge on any atom is 0.388 e. The summed E-state index contributed by atoms with van der Waals surface area (Å²) in [5.74, 6) is -4.07. The third-order valence-corrected chi connectivity index (χ3v) is 3.10. The zero-order valence-electron chi connectivity index (χ0n) is 13.1. The van der Waals surface area contributed by atoms with Crippen molar-refractivity contribution in [3.8, 4) is 17.7 Å². The van der Waals surface area contributed by atoms with Gasteiger partial charge in [0, 0.05) is 12.7 Å². The number of hydrogen-bond donors (Lipinski definition) is 1. The van der Waals surface area contributed by atoms with Crippen LogP contribution >= 0.6 is 0 Å². The van der Waals surface area contributed by atoms with E-state index in [1.165, 1.54) is 7.11 Å². The van der Waals surface area contributed by atoms with Crippen molar-refractivity contribution in [2.75, 3.05) is 7.11 Å². The molecule has 2 aromatic rings. The average molecular weight is 370 g/mol. The summed E-state index contributed by atoms with van der Waals surface area (Å²) in [6.45, 7) is -3.67. The van der Waals surface area contributed by atoms with Gasteiger partial charge in [-0.15, -0.1) is 0 Å². The van der Waals surface area contributed by atoms with Gasteiger partial charge < -0.3 is 14.8 Å². The normalized spacial score (nSPS) is 10.3. The van der Waals surface area contributed by atoms with Crippen LogP contribution in [0, 0.1) is 23.0 Å². The largest absolute Gasteiger partial charge is 0.495 e. The van der Waals surface area contributed by atoms with Crippen molar-refractivity contribution in [3.05, 3.63) is 46.9 Å². The van der Waals surface area contributed by atoms with Crippen LogP contribution in [0.5, 0.6) is 11.6 Å². The Morgan fingerprint density at radius 1 is 1.35 bits per heavy atom. The number of ether oxygens (including phenoxy) is 2. The summed E-state index contributed by atoms with van der Waals surface area (Å²) in [5, 5.41) is 11.1. The van der Waals surface area contributed by atoms with Gasteiger partial charge in [-0.1, -0.05) is 0 Å². The first-order valence-electron chi connectivity index (χ1n) is 6.87. The number of alkyl halides is 2. The van der Waals surface area contributed by atoms with E-state index in [0.29, 0.717) is 6.07 Å². The van der Waals surface area contributed by atoms with Crippen molar-refractivity contribution in [2.45, 2.75) is 13.2 Å². The second kappa shape index (κ2) is 8.11. The third kappa shape index (κ3) is 4.15. The van der Waals surface area contributed by atoms with E-state index in [9.17, 15) is 22.4 Å². The van der Waals surface area contributed by atoms with E-state index in [1.54, 1.807) is 6.07 Å². The highest BCUT2D eigenvalue weighted by atomic mass is 19.3. The van der Waals surface area contributed by atoms with Crippen LogP contribution in [0.4, 0.5) is 17.6 Å². The number of pyridine rings is 2. The van der Waals surface area contributed by atoms with Crippen molar-refractivity contribution in [2.24, 2.45) is 0 Å². The number of nitrogens with one attached hydrogen (secondary N) is 1. The first-order chi connectivity index (χ1) is 12.4. The predicted octanol–water partition coefficient (Wildman–Crippen LogP) is 2.17. The Morgan fingerprint density at radius 3 is 2.65 bits per heavy atom. The Kier molecular flexibility index (Phi) is 5.90. The number of carbonyl (C=O) groups excluding carboxylic acids is 1. The number of methoxy groups -OCH3 is 1. The minimum atomic E-state index is -3.27. The number of rotatable bonds is 6. The number of carbonyl (C=O) groups is 1. The second-order valence-electron chi connectivity index (χ2n) is 4.65. The van der Waals surface area contributed by atoms with Gasteiger partial charge in [-0.2, -0.15) is 14.0 Å². The van der Waals surface area contributed by atoms with Crippen LogP contribution in [0.3, 0.4) is 0 Å². The Labute approximate surface area is 144 Å². The topological polar surface area (TPSA) is 97.1 Å². The lowest BCUT2D eigenvalue weighted by atomic mass is 10.2. The molecule has 0 aliphatic carbocycles. The molecular weight excluding hydrogens is 360 g/mol. The zero-order valence-corrected chi connectivity index (χ0v) is 13.1. The summed E-state index contributed by atoms with van der Waals surface area (Å²) in [6.07, 6.45) is 1.93. The molecular formula is C15H10F4N4O3. The summed E-state index contributed by atoms with van der Waals surface area (Å²) in [6, 6.07) is 2.19. The highest BCUT2D eigenvalue weighted by Crippen LogP contribution is 2.22. The van der Waals surface area contributed by atoms with Gasteiger partial charge in [0.1, 0.15) is 11.8 Å². The Balaban J connectivity index is 2.17. The van der Waals surface area contributed by atoms with Gasteiger partial charge in [0.2, 0.25) is 0 Å². The molecule has 11 heteroatoms. The van der Waals surface area contributed by atoms with Gasteiger partial charge in [-0.3, -0.25) is 4.79 Å². The van der Waals surface area contributed by atoms with E-state index < -0.39 is 42.3 Å². The van der Waals surface area contributed by atoms with Gasteiger partial charge in [-0.05, 0) is 6.07 Å². The number of amides is 1. The molecule has 0 fully saturated rings. The van der Waals surface area contributed by atoms with Crippen molar-refractivity contribution < 1.29 is 31.8 Å². The van der Waals surface area contributed by atoms with E-state index in [1.807, 2.05) is 0 Å². The SMILES string of the molecule is COc1cnc(C#N)c(F)c1CNC(=O)c1cnc(OC(F)F)c(F)c1. The van der Waals surface area contributed by atoms with Gasteiger partial charge in [0.15, 0.2) is 17.3 Å². The standard InChI is InChI=1S/C15H10F4N4O3/c1-25-11-6-21-10(3-20)12(17)8(11)5-22-13(24)7-2-9(16)14(23-4-7)26-15(18)19/h2,4,6,15H,5H2,1H3,(H,22,24). The fourth-order valence-corrected chi connectivity index (χ4v) is 1.92. The molecule has 0 unspecified atom stereocenters. The molecule has 136 valence electrons. The quantitative estimate of drug-likeness (QED) is 0.783. The number of aromatic nitrogens is 2. The predicted molar refractivity (Wildman–Crippen MR) is 77.5 cm³/mol. The van der Waals surface area contributed by atoms with Crippen molar-refractivity contribution >= 4 is 5.91 Å². The van der Waals surface area contributed by atoms with Crippen LogP contribution in [-0.4, -0.2) is 29.6 Å². The van der Waals surface area contributed by atoms with Crippen LogP contribution in [0.15, 0.2) is 18.5 Å². The van der Waals surface area contributed by atoms with E-state index in [2.05, 4.69) is 20.0 Å². The maximum absolute atomic E-state index is 14.1. The molecule has 0 saturated carbocycles. The van der Waals surface area contributed by atoms with Crippen LogP contribution in [0.1, 0.15) is 21.6 Å². The minimum absolute atomic E-state index is 0.00760. The highest BCUT2D eigenvalue weighted by Gasteiger charge is 2.18. The maximum atomic E-state index is 14.1. The molecule has 0 aromatic carbocycles. The van der Waals surface area contributed by atoms with E-state index in [-0.39, 0.29) is 16.9 Å². The van der Waals surface area contributed by atoms with E-state index >= 15 is 0 Å². The summed E-state index contributed by atoms with van der Waals surface area (Å²) >= 11 is 0. The van der Waals surface area contributed by atoms with Gasteiger partial charge in [0.25, 0.3) is 11.8 Å². The van der Waals surface area contributed by atoms with Gasteiger partial charge in [-0.25, -0.2) is 18.7 Å². The van der Waals surface area contributed by atoms with Crippen molar-refractivity contribution in [1.82, 2.24) is 15.3 Å². The van der Waals surface area contributed by atoms with Gasteiger partial charge in [0.05, 0.1) is 24.4 Å². The third-order valence-electron chi connectivity index (χ3n) is 3.10. The number of nitrogens with zero attached hydrogens (tertiary/aromatic N) is 3. The Morgan fingerprint density at radius 2 is 2.08 bits per heavy atom. The average Bonchev–Trinajstić information content (AvgIpc) is 2.61. The van der Waals surface area contributed by atoms with Gasteiger partial charge >= 0.3 is 6.61 Å². The molecule has 2 aromatic heterocycles. The zero-order chi connectivity index (χ0) is 19.3. The van der Waals surface area contributed by atoms with Crippen LogP contribution in [0.2, 0.25) is 0 Å². The first kappa shape index (κ1) is 18.9. The molecule has 0 radical (unpaired) electrons. The summed E-state index contributed by atoms with van der Waals surface area (Å²) < 4.78 is 60.6. The molecule has 0 atom stereocenters. The minimum Gasteiger partial charge on any atom is -0.495 e.